The van der Waals surface area contributed by atoms with Crippen molar-refractivity contribution in [3.05, 3.63) is 47.5 Å². The average molecular weight is 383 g/mol. The van der Waals surface area contributed by atoms with Gasteiger partial charge >= 0.3 is 0 Å². The second-order valence-corrected chi connectivity index (χ2v) is 6.58. The number of benzene rings is 1. The van der Waals surface area contributed by atoms with Crippen molar-refractivity contribution < 1.29 is 10.2 Å². The van der Waals surface area contributed by atoms with Gasteiger partial charge in [-0.3, -0.25) is 0 Å². The molecule has 0 radical (unpaired) electrons. The summed E-state index contributed by atoms with van der Waals surface area (Å²) in [6, 6.07) is 9.50. The monoisotopic (exact) mass is 383 g/mol. The summed E-state index contributed by atoms with van der Waals surface area (Å²) in [4.78, 5) is 19.8. The molecule has 2 unspecified atom stereocenters. The molecule has 148 valence electrons. The predicted molar refractivity (Wildman–Crippen MR) is 106 cm³/mol. The van der Waals surface area contributed by atoms with E-state index in [0.29, 0.717) is 29.5 Å². The van der Waals surface area contributed by atoms with Gasteiger partial charge in [0.05, 0.1) is 23.9 Å². The zero-order valence-electron chi connectivity index (χ0n) is 15.7. The van der Waals surface area contributed by atoms with E-state index in [0.717, 1.165) is 18.4 Å². The first-order valence-corrected chi connectivity index (χ1v) is 9.23. The summed E-state index contributed by atoms with van der Waals surface area (Å²) >= 11 is 0. The normalized spacial score (nSPS) is 13.4. The summed E-state index contributed by atoms with van der Waals surface area (Å²) in [5.41, 5.74) is 13.1. The standard InChI is InChI=1S/C19H25N7O2/c1-2-3-9-12(17-24-18(20)26-19(21)25-17)15(28)14-13(10-27)22-16(23-14)11-7-5-4-6-8-11/h4-8,12,15,27-28H,2-3,9-10H2,1H3,(H,22,23)(H4,20,21,24,25,26). The third-order valence-corrected chi connectivity index (χ3v) is 4.56. The second-order valence-electron chi connectivity index (χ2n) is 6.58. The summed E-state index contributed by atoms with van der Waals surface area (Å²) in [6.07, 6.45) is 1.35. The molecular formula is C19H25N7O2. The molecule has 28 heavy (non-hydrogen) atoms. The topological polar surface area (TPSA) is 160 Å². The van der Waals surface area contributed by atoms with E-state index in [1.807, 2.05) is 30.3 Å². The lowest BCUT2D eigenvalue weighted by Crippen LogP contribution is -2.18. The fourth-order valence-corrected chi connectivity index (χ4v) is 3.16. The molecule has 0 fully saturated rings. The van der Waals surface area contributed by atoms with E-state index in [1.54, 1.807) is 0 Å². The number of nitrogens with two attached hydrogens (primary N) is 2. The van der Waals surface area contributed by atoms with Crippen LogP contribution in [0.15, 0.2) is 30.3 Å². The molecule has 3 aromatic rings. The van der Waals surface area contributed by atoms with Gasteiger partial charge in [-0.15, -0.1) is 0 Å². The van der Waals surface area contributed by atoms with Crippen molar-refractivity contribution >= 4 is 11.9 Å². The van der Waals surface area contributed by atoms with Gasteiger partial charge in [0.2, 0.25) is 11.9 Å². The van der Waals surface area contributed by atoms with Gasteiger partial charge in [0, 0.05) is 5.56 Å². The number of nitrogen functional groups attached to an aromatic ring is 2. The Kier molecular flexibility index (Phi) is 6.17. The summed E-state index contributed by atoms with van der Waals surface area (Å²) in [7, 11) is 0. The Balaban J connectivity index is 2.00. The Morgan fingerprint density at radius 2 is 1.71 bits per heavy atom. The highest BCUT2D eigenvalue weighted by Gasteiger charge is 2.30. The Labute approximate surface area is 162 Å². The Bertz CT molecular complexity index is 894. The fourth-order valence-electron chi connectivity index (χ4n) is 3.16. The van der Waals surface area contributed by atoms with Crippen LogP contribution in [0.2, 0.25) is 0 Å². The first-order valence-electron chi connectivity index (χ1n) is 9.23. The molecule has 0 amide bonds. The summed E-state index contributed by atoms with van der Waals surface area (Å²) in [5.74, 6) is 0.419. The molecule has 0 bridgehead atoms. The van der Waals surface area contributed by atoms with Crippen LogP contribution in [-0.4, -0.2) is 35.1 Å². The van der Waals surface area contributed by atoms with Gasteiger partial charge < -0.3 is 26.7 Å². The lowest BCUT2D eigenvalue weighted by atomic mass is 9.92. The molecule has 2 atom stereocenters. The molecule has 0 saturated carbocycles. The molecule has 7 N–H and O–H groups in total. The van der Waals surface area contributed by atoms with Gasteiger partial charge in [0.1, 0.15) is 17.8 Å². The van der Waals surface area contributed by atoms with Crippen molar-refractivity contribution in [3.63, 3.8) is 0 Å². The second kappa shape index (κ2) is 8.77. The van der Waals surface area contributed by atoms with Crippen molar-refractivity contribution in [1.29, 1.82) is 0 Å². The summed E-state index contributed by atoms with van der Waals surface area (Å²) in [5, 5.41) is 20.9. The number of aromatic amines is 1. The molecule has 2 heterocycles. The van der Waals surface area contributed by atoms with Crippen molar-refractivity contribution in [2.75, 3.05) is 11.5 Å². The molecule has 2 aromatic heterocycles. The van der Waals surface area contributed by atoms with Crippen molar-refractivity contribution in [3.8, 4) is 11.4 Å². The number of aliphatic hydroxyl groups excluding tert-OH is 2. The molecule has 1 aromatic carbocycles. The fraction of sp³-hybridized carbons (Fsp3) is 0.368. The molecule has 9 nitrogen and oxygen atoms in total. The quantitative estimate of drug-likeness (QED) is 0.394. The number of rotatable bonds is 8. The van der Waals surface area contributed by atoms with E-state index < -0.39 is 12.0 Å². The van der Waals surface area contributed by atoms with Crippen LogP contribution in [0, 0.1) is 0 Å². The smallest absolute Gasteiger partial charge is 0.225 e. The minimum atomic E-state index is -1.04. The Morgan fingerprint density at radius 1 is 1.04 bits per heavy atom. The minimum Gasteiger partial charge on any atom is -0.390 e. The van der Waals surface area contributed by atoms with Crippen molar-refractivity contribution in [2.24, 2.45) is 0 Å². The van der Waals surface area contributed by atoms with Crippen molar-refractivity contribution in [2.45, 2.75) is 44.8 Å². The van der Waals surface area contributed by atoms with Crippen LogP contribution in [-0.2, 0) is 6.61 Å². The van der Waals surface area contributed by atoms with Gasteiger partial charge in [0.25, 0.3) is 0 Å². The number of hydrogen-bond acceptors (Lipinski definition) is 8. The maximum absolute atomic E-state index is 11.1. The van der Waals surface area contributed by atoms with E-state index in [4.69, 9.17) is 11.5 Å². The first kappa shape index (κ1) is 19.7. The SMILES string of the molecule is CCCCC(c1nc(N)nc(N)n1)C(O)c1nc(-c2ccccc2)[nH]c1CO. The number of hydrogen-bond donors (Lipinski definition) is 5. The number of anilines is 2. The van der Waals surface area contributed by atoms with Gasteiger partial charge in [-0.05, 0) is 6.42 Å². The van der Waals surface area contributed by atoms with Crippen LogP contribution in [0.25, 0.3) is 11.4 Å². The molecule has 0 saturated heterocycles. The molecular weight excluding hydrogens is 358 g/mol. The number of aromatic nitrogens is 5. The Morgan fingerprint density at radius 3 is 2.32 bits per heavy atom. The van der Waals surface area contributed by atoms with Crippen LogP contribution >= 0.6 is 0 Å². The maximum atomic E-state index is 11.1. The van der Waals surface area contributed by atoms with Crippen molar-refractivity contribution in [1.82, 2.24) is 24.9 Å². The Hall–Kier alpha value is -3.04. The summed E-state index contributed by atoms with van der Waals surface area (Å²) in [6.45, 7) is 1.77. The third-order valence-electron chi connectivity index (χ3n) is 4.56. The summed E-state index contributed by atoms with van der Waals surface area (Å²) < 4.78 is 0. The number of nitrogens with zero attached hydrogens (tertiary/aromatic N) is 4. The van der Waals surface area contributed by atoms with E-state index in [1.165, 1.54) is 0 Å². The number of H-pyrrole nitrogens is 1. The molecule has 9 heteroatoms. The largest absolute Gasteiger partial charge is 0.390 e. The highest BCUT2D eigenvalue weighted by Crippen LogP contribution is 2.35. The van der Waals surface area contributed by atoms with Gasteiger partial charge in [-0.2, -0.15) is 15.0 Å². The number of imidazole rings is 1. The lowest BCUT2D eigenvalue weighted by Gasteiger charge is -2.21. The molecule has 0 aliphatic rings. The van der Waals surface area contributed by atoms with Crippen LogP contribution < -0.4 is 11.5 Å². The molecule has 0 aliphatic carbocycles. The van der Waals surface area contributed by atoms with Gasteiger partial charge in [-0.25, -0.2) is 4.98 Å². The first-order chi connectivity index (χ1) is 13.5. The maximum Gasteiger partial charge on any atom is 0.225 e. The van der Waals surface area contributed by atoms with E-state index in [2.05, 4.69) is 31.8 Å². The van der Waals surface area contributed by atoms with Crippen LogP contribution in [0.4, 0.5) is 11.9 Å². The number of unbranched alkanes of at least 4 members (excludes halogenated alkanes) is 1. The lowest BCUT2D eigenvalue weighted by molar-refractivity contribution is 0.128. The van der Waals surface area contributed by atoms with Gasteiger partial charge in [-0.1, -0.05) is 50.1 Å². The highest BCUT2D eigenvalue weighted by molar-refractivity contribution is 5.55. The minimum absolute atomic E-state index is 0.00517. The molecule has 3 rings (SSSR count). The number of aliphatic hydroxyl groups is 2. The molecule has 0 aliphatic heterocycles. The van der Waals surface area contributed by atoms with E-state index in [9.17, 15) is 10.2 Å². The average Bonchev–Trinajstić information content (AvgIpc) is 3.12. The zero-order valence-corrected chi connectivity index (χ0v) is 15.7. The van der Waals surface area contributed by atoms with E-state index in [-0.39, 0.29) is 18.5 Å². The molecule has 0 spiro atoms. The number of nitrogens with one attached hydrogen (secondary N) is 1. The zero-order chi connectivity index (χ0) is 20.1. The predicted octanol–water partition coefficient (Wildman–Crippen LogP) is 1.93. The van der Waals surface area contributed by atoms with Crippen LogP contribution in [0.1, 0.15) is 55.4 Å². The van der Waals surface area contributed by atoms with Crippen LogP contribution in [0.3, 0.4) is 0 Å². The van der Waals surface area contributed by atoms with Crippen LogP contribution in [0.5, 0.6) is 0 Å². The van der Waals surface area contributed by atoms with Gasteiger partial charge in [0.15, 0.2) is 0 Å². The third kappa shape index (κ3) is 4.26. The highest BCUT2D eigenvalue weighted by atomic mass is 16.3. The van der Waals surface area contributed by atoms with E-state index >= 15 is 0 Å².